The molecule has 0 N–H and O–H groups in total. The summed E-state index contributed by atoms with van der Waals surface area (Å²) in [7, 11) is 0. The van der Waals surface area contributed by atoms with Gasteiger partial charge < -0.3 is 19.1 Å². The van der Waals surface area contributed by atoms with Crippen LogP contribution in [0.4, 0.5) is 10.1 Å². The van der Waals surface area contributed by atoms with Crippen LogP contribution in [0.1, 0.15) is 65.3 Å². The van der Waals surface area contributed by atoms with Crippen molar-refractivity contribution < 1.29 is 28.2 Å². The quantitative estimate of drug-likeness (QED) is 0.0531. The number of carbonyl (C=O) groups excluding carboxylic acids is 2. The molecule has 0 aliphatic carbocycles. The van der Waals surface area contributed by atoms with Gasteiger partial charge in [-0.25, -0.2) is 4.39 Å². The summed E-state index contributed by atoms with van der Waals surface area (Å²) >= 11 is 0. The minimum Gasteiger partial charge on any atom is -0.458 e. The average Bonchev–Trinajstić information content (AvgIpc) is 3.18. The van der Waals surface area contributed by atoms with Crippen molar-refractivity contribution >= 4 is 17.6 Å². The highest BCUT2D eigenvalue weighted by molar-refractivity contribution is 6.03. The van der Waals surface area contributed by atoms with Crippen LogP contribution >= 0.6 is 0 Å². The highest BCUT2D eigenvalue weighted by Crippen LogP contribution is 2.46. The summed E-state index contributed by atoms with van der Waals surface area (Å²) in [6.45, 7) is 2.95. The molecule has 0 aromatic heterocycles. The second-order valence-corrected chi connectivity index (χ2v) is 12.7. The molecule has 1 heterocycles. The van der Waals surface area contributed by atoms with Gasteiger partial charge in [0.1, 0.15) is 25.1 Å². The number of nitrogens with zero attached hydrogens (tertiary/aromatic N) is 1. The molecule has 1 amide bonds. The third kappa shape index (κ3) is 10.3. The summed E-state index contributed by atoms with van der Waals surface area (Å²) in [4.78, 5) is 27.7. The van der Waals surface area contributed by atoms with Crippen molar-refractivity contribution in [3.05, 3.63) is 173 Å². The van der Waals surface area contributed by atoms with Crippen molar-refractivity contribution in [2.45, 2.75) is 45.1 Å². The number of esters is 1. The lowest BCUT2D eigenvalue weighted by molar-refractivity contribution is -0.147. The molecule has 6 rings (SSSR count). The van der Waals surface area contributed by atoms with Crippen molar-refractivity contribution in [3.63, 3.8) is 0 Å². The number of hydrogen-bond acceptors (Lipinski definition) is 5. The molecule has 7 heteroatoms. The standard InChI is InChI=1S/C46H40FNO5/c1-34(49)53-44(39-22-24-41(47)25-23-39)29-28-43-45(40-20-16-35(17-21-40)14-8-30-51-32-37-10-4-2-5-11-37)48(46(43)50)42-26-18-36(19-27-42)15-9-31-52-33-38-12-6-3-7-13-38/h2-7,10-13,16-27,43-45H,28-33H2,1H3/t43?,44-,45?/m0/s1. The number of ether oxygens (including phenoxy) is 3. The number of amides is 1. The van der Waals surface area contributed by atoms with Crippen molar-refractivity contribution in [1.82, 2.24) is 0 Å². The van der Waals surface area contributed by atoms with E-state index >= 15 is 0 Å². The fraction of sp³-hybridized carbons (Fsp3) is 0.217. The maximum absolute atomic E-state index is 13.9. The fourth-order valence-electron chi connectivity index (χ4n) is 6.34. The Labute approximate surface area is 310 Å². The predicted molar refractivity (Wildman–Crippen MR) is 203 cm³/mol. The van der Waals surface area contributed by atoms with Crippen LogP contribution in [-0.4, -0.2) is 25.1 Å². The van der Waals surface area contributed by atoms with Crippen LogP contribution in [0.15, 0.2) is 133 Å². The molecular weight excluding hydrogens is 666 g/mol. The van der Waals surface area contributed by atoms with E-state index < -0.39 is 12.1 Å². The van der Waals surface area contributed by atoms with Crippen LogP contribution in [-0.2, 0) is 37.0 Å². The maximum Gasteiger partial charge on any atom is 0.303 e. The third-order valence-corrected chi connectivity index (χ3v) is 8.94. The van der Waals surface area contributed by atoms with E-state index in [1.807, 2.05) is 114 Å². The Hall–Kier alpha value is -5.99. The van der Waals surface area contributed by atoms with Gasteiger partial charge >= 0.3 is 5.97 Å². The second kappa shape index (κ2) is 18.5. The fourth-order valence-corrected chi connectivity index (χ4v) is 6.34. The van der Waals surface area contributed by atoms with Gasteiger partial charge in [-0.1, -0.05) is 109 Å². The lowest BCUT2D eigenvalue weighted by atomic mass is 9.78. The van der Waals surface area contributed by atoms with Crippen molar-refractivity contribution in [3.8, 4) is 23.7 Å². The van der Waals surface area contributed by atoms with Crippen LogP contribution in [0.5, 0.6) is 0 Å². The number of carbonyl (C=O) groups is 2. The Balaban J connectivity index is 1.15. The molecule has 6 nitrogen and oxygen atoms in total. The largest absolute Gasteiger partial charge is 0.458 e. The molecule has 266 valence electrons. The number of β-lactam (4-membered cyclic amide) rings is 1. The van der Waals surface area contributed by atoms with Crippen LogP contribution in [0, 0.1) is 35.4 Å². The number of rotatable bonds is 13. The summed E-state index contributed by atoms with van der Waals surface area (Å²) < 4.78 is 30.7. The molecule has 3 atom stereocenters. The van der Waals surface area contributed by atoms with E-state index in [9.17, 15) is 14.0 Å². The van der Waals surface area contributed by atoms with Crippen LogP contribution in [0.3, 0.4) is 0 Å². The highest BCUT2D eigenvalue weighted by Gasteiger charge is 2.48. The SMILES string of the molecule is CC(=O)O[C@@H](CCC1C(=O)N(c2ccc(C#CCOCc3ccccc3)cc2)C1c1ccc(C#CCOCc2ccccc2)cc1)c1ccc(F)cc1. The Bertz CT molecular complexity index is 2080. The van der Waals surface area contributed by atoms with Gasteiger partial charge in [0.2, 0.25) is 5.91 Å². The molecule has 0 bridgehead atoms. The molecule has 0 saturated carbocycles. The summed E-state index contributed by atoms with van der Waals surface area (Å²) in [6, 6.07) is 41.1. The molecule has 1 fully saturated rings. The molecule has 5 aromatic carbocycles. The van der Waals surface area contributed by atoms with Gasteiger partial charge in [0, 0.05) is 23.7 Å². The van der Waals surface area contributed by atoms with Crippen molar-refractivity contribution in [2.75, 3.05) is 18.1 Å². The van der Waals surface area contributed by atoms with E-state index in [4.69, 9.17) is 14.2 Å². The van der Waals surface area contributed by atoms with Crippen molar-refractivity contribution in [2.24, 2.45) is 5.92 Å². The monoisotopic (exact) mass is 705 g/mol. The van der Waals surface area contributed by atoms with Gasteiger partial charge in [0.15, 0.2) is 0 Å². The molecule has 0 radical (unpaired) electrons. The zero-order valence-corrected chi connectivity index (χ0v) is 29.5. The van der Waals surface area contributed by atoms with Crippen molar-refractivity contribution in [1.29, 1.82) is 0 Å². The lowest BCUT2D eigenvalue weighted by Crippen LogP contribution is -2.55. The smallest absolute Gasteiger partial charge is 0.303 e. The lowest BCUT2D eigenvalue weighted by Gasteiger charge is -2.48. The predicted octanol–water partition coefficient (Wildman–Crippen LogP) is 8.75. The molecule has 1 saturated heterocycles. The Morgan fingerprint density at radius 2 is 1.25 bits per heavy atom. The summed E-state index contributed by atoms with van der Waals surface area (Å²) in [5.41, 5.74) is 6.25. The molecule has 1 aliphatic heterocycles. The zero-order chi connectivity index (χ0) is 36.8. The Morgan fingerprint density at radius 3 is 1.77 bits per heavy atom. The van der Waals surface area contributed by atoms with Crippen LogP contribution in [0.2, 0.25) is 0 Å². The van der Waals surface area contributed by atoms with Gasteiger partial charge in [0.25, 0.3) is 0 Å². The van der Waals surface area contributed by atoms with Gasteiger partial charge in [-0.2, -0.15) is 0 Å². The number of benzene rings is 5. The minimum atomic E-state index is -0.605. The molecule has 1 aliphatic rings. The van der Waals surface area contributed by atoms with E-state index in [-0.39, 0.29) is 23.7 Å². The summed E-state index contributed by atoms with van der Waals surface area (Å²) in [5, 5.41) is 0. The molecule has 0 spiro atoms. The minimum absolute atomic E-state index is 0.0248. The first-order valence-corrected chi connectivity index (χ1v) is 17.6. The highest BCUT2D eigenvalue weighted by atomic mass is 19.1. The average molecular weight is 706 g/mol. The van der Waals surface area contributed by atoms with E-state index in [0.717, 1.165) is 33.5 Å². The number of hydrogen-bond donors (Lipinski definition) is 0. The van der Waals surface area contributed by atoms with E-state index in [2.05, 4.69) is 23.7 Å². The van der Waals surface area contributed by atoms with Crippen LogP contribution < -0.4 is 4.90 Å². The number of halogens is 1. The molecule has 5 aromatic rings. The third-order valence-electron chi connectivity index (χ3n) is 8.94. The van der Waals surface area contributed by atoms with Crippen LogP contribution in [0.25, 0.3) is 0 Å². The first kappa shape index (κ1) is 36.8. The summed E-state index contributed by atoms with van der Waals surface area (Å²) in [6.07, 6.45) is 0.258. The van der Waals surface area contributed by atoms with E-state index in [1.165, 1.54) is 19.1 Å². The Kier molecular flexibility index (Phi) is 12.8. The number of anilines is 1. The van der Waals surface area contributed by atoms with Gasteiger partial charge in [-0.15, -0.1) is 0 Å². The normalized spacial score (nSPS) is 15.3. The molecule has 2 unspecified atom stereocenters. The Morgan fingerprint density at radius 1 is 0.717 bits per heavy atom. The van der Waals surface area contributed by atoms with Gasteiger partial charge in [0.05, 0.1) is 25.2 Å². The van der Waals surface area contributed by atoms with Gasteiger partial charge in [-0.3, -0.25) is 9.59 Å². The van der Waals surface area contributed by atoms with E-state index in [0.29, 0.717) is 44.8 Å². The zero-order valence-electron chi connectivity index (χ0n) is 29.5. The molecule has 53 heavy (non-hydrogen) atoms. The first-order chi connectivity index (χ1) is 25.9. The molecular formula is C46H40FNO5. The first-order valence-electron chi connectivity index (χ1n) is 17.6. The van der Waals surface area contributed by atoms with E-state index in [1.54, 1.807) is 12.1 Å². The van der Waals surface area contributed by atoms with Gasteiger partial charge in [-0.05, 0) is 83.6 Å². The topological polar surface area (TPSA) is 65.1 Å². The summed E-state index contributed by atoms with van der Waals surface area (Å²) in [5.74, 6) is 11.2. The second-order valence-electron chi connectivity index (χ2n) is 12.7. The maximum atomic E-state index is 13.9.